The highest BCUT2D eigenvalue weighted by atomic mass is 16.5. The van der Waals surface area contributed by atoms with Gasteiger partial charge < -0.3 is 9.26 Å². The number of Topliss-reactive ketones (excluding diaryl/α,β-unsaturated/α-hetero) is 1. The highest BCUT2D eigenvalue weighted by molar-refractivity contribution is 5.82. The lowest BCUT2D eigenvalue weighted by Crippen LogP contribution is -2.34. The molecule has 0 amide bonds. The minimum absolute atomic E-state index is 0.0615. The number of methoxy groups -OCH3 is 1. The molecule has 0 saturated heterocycles. The molecule has 0 N–H and O–H groups in total. The van der Waals surface area contributed by atoms with E-state index in [-0.39, 0.29) is 11.7 Å². The van der Waals surface area contributed by atoms with Crippen LogP contribution in [0.2, 0.25) is 0 Å². The Morgan fingerprint density at radius 2 is 2.15 bits per heavy atom. The molecule has 1 aromatic rings. The maximum Gasteiger partial charge on any atom is 0.237 e. The van der Waals surface area contributed by atoms with E-state index in [9.17, 15) is 4.79 Å². The Morgan fingerprint density at radius 3 is 2.65 bits per heavy atom. The van der Waals surface area contributed by atoms with Crippen LogP contribution >= 0.6 is 0 Å². The molecular weight excluding hydrogens is 256 g/mol. The van der Waals surface area contributed by atoms with Crippen LogP contribution in [-0.4, -0.2) is 23.0 Å². The standard InChI is InChI=1S/C15H24N2O3/c1-5-12(11(3)18)13-16-14(17-20-13)15(19-4)8-6-10(2)7-9-15/h10,12H,5-9H2,1-4H3. The molecule has 0 aromatic carbocycles. The Kier molecular flexibility index (Phi) is 4.58. The van der Waals surface area contributed by atoms with Gasteiger partial charge in [-0.3, -0.25) is 4.79 Å². The van der Waals surface area contributed by atoms with Crippen LogP contribution in [0.1, 0.15) is 70.5 Å². The van der Waals surface area contributed by atoms with Gasteiger partial charge in [0.05, 0.1) is 5.92 Å². The fourth-order valence-electron chi connectivity index (χ4n) is 2.95. The second-order valence-electron chi connectivity index (χ2n) is 5.91. The normalized spacial score (nSPS) is 28.3. The minimum Gasteiger partial charge on any atom is -0.370 e. The Bertz CT molecular complexity index is 461. The number of hydrogen-bond acceptors (Lipinski definition) is 5. The van der Waals surface area contributed by atoms with Crippen molar-refractivity contribution in [2.45, 2.75) is 64.4 Å². The number of ether oxygens (including phenoxy) is 1. The minimum atomic E-state index is -0.441. The molecule has 1 heterocycles. The molecule has 1 aromatic heterocycles. The largest absolute Gasteiger partial charge is 0.370 e. The first-order chi connectivity index (χ1) is 9.52. The van der Waals surface area contributed by atoms with Gasteiger partial charge in [-0.05, 0) is 44.9 Å². The van der Waals surface area contributed by atoms with E-state index in [4.69, 9.17) is 9.26 Å². The van der Waals surface area contributed by atoms with E-state index in [1.807, 2.05) is 6.92 Å². The highest BCUT2D eigenvalue weighted by Crippen LogP contribution is 2.41. The summed E-state index contributed by atoms with van der Waals surface area (Å²) in [5, 5.41) is 4.10. The molecule has 0 radical (unpaired) electrons. The number of hydrogen-bond donors (Lipinski definition) is 0. The van der Waals surface area contributed by atoms with Gasteiger partial charge in [0.1, 0.15) is 11.4 Å². The summed E-state index contributed by atoms with van der Waals surface area (Å²) in [7, 11) is 1.70. The molecule has 1 atom stereocenters. The third-order valence-corrected chi connectivity index (χ3v) is 4.52. The molecular formula is C15H24N2O3. The van der Waals surface area contributed by atoms with Crippen LogP contribution in [-0.2, 0) is 15.1 Å². The van der Waals surface area contributed by atoms with E-state index in [0.29, 0.717) is 24.1 Å². The summed E-state index contributed by atoms with van der Waals surface area (Å²) in [6.07, 6.45) is 4.68. The SMILES string of the molecule is CCC(C(C)=O)c1nc(C2(OC)CCC(C)CC2)no1. The van der Waals surface area contributed by atoms with Crippen molar-refractivity contribution in [1.82, 2.24) is 10.1 Å². The smallest absolute Gasteiger partial charge is 0.237 e. The predicted octanol–water partition coefficient (Wildman–Crippen LogP) is 3.20. The van der Waals surface area contributed by atoms with Crippen molar-refractivity contribution in [1.29, 1.82) is 0 Å². The molecule has 5 nitrogen and oxygen atoms in total. The number of aromatic nitrogens is 2. The fraction of sp³-hybridized carbons (Fsp3) is 0.800. The lowest BCUT2D eigenvalue weighted by Gasteiger charge is -2.35. The van der Waals surface area contributed by atoms with Crippen LogP contribution in [0, 0.1) is 5.92 Å². The molecule has 1 aliphatic rings. The number of ketones is 1. The van der Waals surface area contributed by atoms with Gasteiger partial charge >= 0.3 is 0 Å². The van der Waals surface area contributed by atoms with Gasteiger partial charge in [0.2, 0.25) is 11.7 Å². The van der Waals surface area contributed by atoms with Crippen LogP contribution in [0.3, 0.4) is 0 Å². The van der Waals surface area contributed by atoms with Gasteiger partial charge in [-0.15, -0.1) is 0 Å². The molecule has 1 fully saturated rings. The zero-order valence-electron chi connectivity index (χ0n) is 12.8. The first kappa shape index (κ1) is 15.2. The van der Waals surface area contributed by atoms with Crippen LogP contribution < -0.4 is 0 Å². The number of nitrogens with zero attached hydrogens (tertiary/aromatic N) is 2. The highest BCUT2D eigenvalue weighted by Gasteiger charge is 2.40. The Hall–Kier alpha value is -1.23. The average molecular weight is 280 g/mol. The lowest BCUT2D eigenvalue weighted by atomic mass is 9.79. The third-order valence-electron chi connectivity index (χ3n) is 4.52. The van der Waals surface area contributed by atoms with E-state index in [2.05, 4.69) is 17.1 Å². The van der Waals surface area contributed by atoms with Crippen molar-refractivity contribution in [3.8, 4) is 0 Å². The Labute approximate surface area is 120 Å². The summed E-state index contributed by atoms with van der Waals surface area (Å²) in [5.41, 5.74) is -0.441. The van der Waals surface area contributed by atoms with Crippen LogP contribution in [0.5, 0.6) is 0 Å². The summed E-state index contributed by atoms with van der Waals surface area (Å²) in [5.74, 6) is 1.50. The van der Waals surface area contributed by atoms with Crippen LogP contribution in [0.4, 0.5) is 0 Å². The number of rotatable bonds is 5. The van der Waals surface area contributed by atoms with E-state index in [1.54, 1.807) is 14.0 Å². The van der Waals surface area contributed by atoms with E-state index < -0.39 is 5.60 Å². The summed E-state index contributed by atoms with van der Waals surface area (Å²) < 4.78 is 11.1. The summed E-state index contributed by atoms with van der Waals surface area (Å²) in [6, 6.07) is 0. The van der Waals surface area contributed by atoms with Gasteiger partial charge in [-0.25, -0.2) is 0 Å². The third kappa shape index (κ3) is 2.77. The van der Waals surface area contributed by atoms with Crippen LogP contribution in [0.15, 0.2) is 4.52 Å². The Morgan fingerprint density at radius 1 is 1.50 bits per heavy atom. The molecule has 1 saturated carbocycles. The molecule has 2 rings (SSSR count). The fourth-order valence-corrected chi connectivity index (χ4v) is 2.95. The monoisotopic (exact) mass is 280 g/mol. The van der Waals surface area contributed by atoms with Gasteiger partial charge in [-0.2, -0.15) is 4.98 Å². The first-order valence-electron chi connectivity index (χ1n) is 7.42. The van der Waals surface area contributed by atoms with Crippen molar-refractivity contribution in [2.24, 2.45) is 5.92 Å². The predicted molar refractivity (Wildman–Crippen MR) is 74.3 cm³/mol. The summed E-state index contributed by atoms with van der Waals surface area (Å²) in [6.45, 7) is 5.76. The summed E-state index contributed by atoms with van der Waals surface area (Å²) in [4.78, 5) is 16.1. The maximum atomic E-state index is 11.6. The molecule has 1 aliphatic carbocycles. The quantitative estimate of drug-likeness (QED) is 0.828. The zero-order chi connectivity index (χ0) is 14.8. The van der Waals surface area contributed by atoms with Crippen molar-refractivity contribution >= 4 is 5.78 Å². The molecule has 1 unspecified atom stereocenters. The summed E-state index contributed by atoms with van der Waals surface area (Å²) >= 11 is 0. The second-order valence-corrected chi connectivity index (χ2v) is 5.91. The van der Waals surface area contributed by atoms with Crippen molar-refractivity contribution in [3.63, 3.8) is 0 Å². The lowest BCUT2D eigenvalue weighted by molar-refractivity contribution is -0.119. The molecule has 0 aliphatic heterocycles. The van der Waals surface area contributed by atoms with Gasteiger partial charge in [-0.1, -0.05) is 19.0 Å². The van der Waals surface area contributed by atoms with Crippen molar-refractivity contribution in [2.75, 3.05) is 7.11 Å². The molecule has 5 heteroatoms. The first-order valence-corrected chi connectivity index (χ1v) is 7.42. The van der Waals surface area contributed by atoms with E-state index in [0.717, 1.165) is 25.7 Å². The van der Waals surface area contributed by atoms with E-state index >= 15 is 0 Å². The number of carbonyl (C=O) groups excluding carboxylic acids is 1. The molecule has 20 heavy (non-hydrogen) atoms. The molecule has 0 bridgehead atoms. The van der Waals surface area contributed by atoms with Crippen molar-refractivity contribution < 1.29 is 14.1 Å². The average Bonchev–Trinajstić information content (AvgIpc) is 2.90. The van der Waals surface area contributed by atoms with Crippen LogP contribution in [0.25, 0.3) is 0 Å². The molecule has 112 valence electrons. The maximum absolute atomic E-state index is 11.6. The number of carbonyl (C=O) groups is 1. The van der Waals surface area contributed by atoms with E-state index in [1.165, 1.54) is 0 Å². The Balaban J connectivity index is 2.24. The van der Waals surface area contributed by atoms with Crippen molar-refractivity contribution in [3.05, 3.63) is 11.7 Å². The second kappa shape index (κ2) is 6.04. The van der Waals surface area contributed by atoms with Gasteiger partial charge in [0.15, 0.2) is 0 Å². The van der Waals surface area contributed by atoms with Gasteiger partial charge in [0.25, 0.3) is 0 Å². The van der Waals surface area contributed by atoms with Gasteiger partial charge in [0, 0.05) is 7.11 Å². The topological polar surface area (TPSA) is 65.2 Å². The molecule has 0 spiro atoms. The zero-order valence-corrected chi connectivity index (χ0v) is 12.8.